The van der Waals surface area contributed by atoms with Gasteiger partial charge in [0, 0.05) is 18.7 Å². The maximum Gasteiger partial charge on any atom is 0.410 e. The van der Waals surface area contributed by atoms with Gasteiger partial charge in [0.1, 0.15) is 17.1 Å². The third-order valence-corrected chi connectivity index (χ3v) is 4.00. The summed E-state index contributed by atoms with van der Waals surface area (Å²) >= 11 is 5.80. The van der Waals surface area contributed by atoms with E-state index in [1.165, 1.54) is 6.33 Å². The molecule has 0 radical (unpaired) electrons. The van der Waals surface area contributed by atoms with Crippen LogP contribution in [-0.2, 0) is 4.74 Å². The van der Waals surface area contributed by atoms with Gasteiger partial charge in [0.05, 0.1) is 6.61 Å². The Kier molecular flexibility index (Phi) is 6.66. The van der Waals surface area contributed by atoms with Gasteiger partial charge in [-0.3, -0.25) is 0 Å². The Bertz CT molecular complexity index is 548. The van der Waals surface area contributed by atoms with Gasteiger partial charge in [-0.15, -0.1) is 0 Å². The van der Waals surface area contributed by atoms with Crippen LogP contribution in [0.5, 0.6) is 5.88 Å². The molecule has 1 aromatic rings. The Morgan fingerprint density at radius 2 is 2.17 bits per heavy atom. The number of hydrogen-bond acceptors (Lipinski definition) is 5. The predicted molar refractivity (Wildman–Crippen MR) is 92.4 cm³/mol. The van der Waals surface area contributed by atoms with E-state index in [1.807, 2.05) is 25.7 Å². The summed E-state index contributed by atoms with van der Waals surface area (Å²) in [7, 11) is 0. The number of carbonyl (C=O) groups excluding carboxylic acids is 1. The summed E-state index contributed by atoms with van der Waals surface area (Å²) in [5, 5.41) is 0.364. The molecule has 2 rings (SSSR count). The smallest absolute Gasteiger partial charge is 0.410 e. The average Bonchev–Trinajstić information content (AvgIpc) is 2.50. The predicted octanol–water partition coefficient (Wildman–Crippen LogP) is 4.08. The van der Waals surface area contributed by atoms with Gasteiger partial charge in [0.2, 0.25) is 5.88 Å². The Morgan fingerprint density at radius 3 is 2.88 bits per heavy atom. The summed E-state index contributed by atoms with van der Waals surface area (Å²) < 4.78 is 11.1. The second-order valence-corrected chi connectivity index (χ2v) is 7.38. The lowest BCUT2D eigenvalue weighted by Crippen LogP contribution is -2.46. The monoisotopic (exact) mass is 355 g/mol. The minimum atomic E-state index is -0.464. The van der Waals surface area contributed by atoms with E-state index in [0.29, 0.717) is 17.6 Å². The van der Waals surface area contributed by atoms with Crippen LogP contribution in [0.15, 0.2) is 12.4 Å². The molecule has 1 aliphatic heterocycles. The maximum absolute atomic E-state index is 12.4. The van der Waals surface area contributed by atoms with Gasteiger partial charge >= 0.3 is 6.09 Å². The van der Waals surface area contributed by atoms with Gasteiger partial charge in [-0.05, 0) is 52.9 Å². The van der Waals surface area contributed by atoms with Crippen LogP contribution in [0.1, 0.15) is 52.9 Å². The lowest BCUT2D eigenvalue weighted by Gasteiger charge is -2.36. The molecule has 1 saturated heterocycles. The summed E-state index contributed by atoms with van der Waals surface area (Å²) in [6, 6.07) is 1.81. The van der Waals surface area contributed by atoms with Crippen molar-refractivity contribution in [3.8, 4) is 5.88 Å². The molecule has 1 fully saturated rings. The quantitative estimate of drug-likeness (QED) is 0.588. The highest BCUT2D eigenvalue weighted by Crippen LogP contribution is 2.23. The van der Waals surface area contributed by atoms with Crippen LogP contribution in [0.25, 0.3) is 0 Å². The Morgan fingerprint density at radius 1 is 1.38 bits per heavy atom. The zero-order valence-electron chi connectivity index (χ0n) is 14.6. The van der Waals surface area contributed by atoms with Gasteiger partial charge in [-0.25, -0.2) is 14.8 Å². The molecule has 134 valence electrons. The fraction of sp³-hybridized carbons (Fsp3) is 0.706. The highest BCUT2D eigenvalue weighted by molar-refractivity contribution is 6.29. The van der Waals surface area contributed by atoms with Crippen molar-refractivity contribution < 1.29 is 14.3 Å². The van der Waals surface area contributed by atoms with Crippen molar-refractivity contribution in [2.45, 2.75) is 64.5 Å². The van der Waals surface area contributed by atoms with Gasteiger partial charge in [-0.1, -0.05) is 11.6 Å². The van der Waals surface area contributed by atoms with Crippen molar-refractivity contribution in [3.63, 3.8) is 0 Å². The molecule has 1 aromatic heterocycles. The molecular formula is C17H26ClN3O3. The largest absolute Gasteiger partial charge is 0.478 e. The van der Waals surface area contributed by atoms with E-state index in [0.717, 1.165) is 38.6 Å². The fourth-order valence-electron chi connectivity index (χ4n) is 2.75. The number of aromatic nitrogens is 2. The SMILES string of the molecule is CC(C)(C)OC(=O)N1CCCC[C@@H]1CCCOc1cc(Cl)ncn1. The van der Waals surface area contributed by atoms with Gasteiger partial charge in [-0.2, -0.15) is 0 Å². The Labute approximate surface area is 148 Å². The van der Waals surface area contributed by atoms with Crippen LogP contribution in [0.4, 0.5) is 4.79 Å². The number of amides is 1. The first kappa shape index (κ1) is 18.8. The number of carbonyl (C=O) groups is 1. The second kappa shape index (κ2) is 8.51. The van der Waals surface area contributed by atoms with Gasteiger partial charge in [0.25, 0.3) is 0 Å². The zero-order chi connectivity index (χ0) is 17.6. The van der Waals surface area contributed by atoms with E-state index < -0.39 is 5.60 Å². The van der Waals surface area contributed by atoms with Crippen LogP contribution in [0.3, 0.4) is 0 Å². The van der Waals surface area contributed by atoms with Crippen LogP contribution < -0.4 is 4.74 Å². The van der Waals surface area contributed by atoms with E-state index in [4.69, 9.17) is 21.1 Å². The van der Waals surface area contributed by atoms with Crippen molar-refractivity contribution >= 4 is 17.7 Å². The van der Waals surface area contributed by atoms with Crippen molar-refractivity contribution in [2.24, 2.45) is 0 Å². The van der Waals surface area contributed by atoms with Crippen molar-refractivity contribution in [1.82, 2.24) is 14.9 Å². The molecule has 24 heavy (non-hydrogen) atoms. The third kappa shape index (κ3) is 6.15. The second-order valence-electron chi connectivity index (χ2n) is 6.99. The minimum Gasteiger partial charge on any atom is -0.478 e. The topological polar surface area (TPSA) is 64.5 Å². The molecule has 0 aliphatic carbocycles. The maximum atomic E-state index is 12.4. The molecule has 2 heterocycles. The molecule has 7 heteroatoms. The molecule has 0 N–H and O–H groups in total. The molecule has 1 atom stereocenters. The Hall–Kier alpha value is -1.56. The van der Waals surface area contributed by atoms with Crippen molar-refractivity contribution in [3.05, 3.63) is 17.5 Å². The van der Waals surface area contributed by atoms with E-state index in [-0.39, 0.29) is 12.1 Å². The summed E-state index contributed by atoms with van der Waals surface area (Å²) in [6.45, 7) is 6.98. The number of halogens is 1. The normalized spacial score (nSPS) is 18.3. The number of piperidine rings is 1. The molecule has 0 bridgehead atoms. The number of ether oxygens (including phenoxy) is 2. The van der Waals surface area contributed by atoms with Gasteiger partial charge in [0.15, 0.2) is 0 Å². The molecule has 6 nitrogen and oxygen atoms in total. The molecular weight excluding hydrogens is 330 g/mol. The minimum absolute atomic E-state index is 0.212. The average molecular weight is 356 g/mol. The summed E-state index contributed by atoms with van der Waals surface area (Å²) in [5.41, 5.74) is -0.464. The molecule has 1 amide bonds. The highest BCUT2D eigenvalue weighted by atomic mass is 35.5. The summed E-state index contributed by atoms with van der Waals surface area (Å²) in [4.78, 5) is 22.0. The highest BCUT2D eigenvalue weighted by Gasteiger charge is 2.30. The first-order valence-electron chi connectivity index (χ1n) is 8.45. The molecule has 0 unspecified atom stereocenters. The summed E-state index contributed by atoms with van der Waals surface area (Å²) in [5.74, 6) is 0.475. The number of hydrogen-bond donors (Lipinski definition) is 0. The van der Waals surface area contributed by atoms with Crippen molar-refractivity contribution in [2.75, 3.05) is 13.2 Å². The first-order valence-corrected chi connectivity index (χ1v) is 8.83. The molecule has 0 saturated carbocycles. The fourth-order valence-corrected chi connectivity index (χ4v) is 2.89. The van der Waals surface area contributed by atoms with Crippen LogP contribution in [0, 0.1) is 0 Å². The number of rotatable bonds is 5. The Balaban J connectivity index is 1.79. The van der Waals surface area contributed by atoms with E-state index in [2.05, 4.69) is 9.97 Å². The van der Waals surface area contributed by atoms with Crippen LogP contribution in [0.2, 0.25) is 5.15 Å². The molecule has 1 aliphatic rings. The molecule has 0 spiro atoms. The number of likely N-dealkylation sites (tertiary alicyclic amines) is 1. The standard InChI is InChI=1S/C17H26ClN3O3/c1-17(2,3)24-16(22)21-9-5-4-7-13(21)8-6-10-23-15-11-14(18)19-12-20-15/h11-13H,4-10H2,1-3H3/t13-/m1/s1. The van der Waals surface area contributed by atoms with E-state index >= 15 is 0 Å². The first-order chi connectivity index (χ1) is 11.3. The van der Waals surface area contributed by atoms with Gasteiger partial charge < -0.3 is 14.4 Å². The van der Waals surface area contributed by atoms with Crippen LogP contribution in [-0.4, -0.2) is 45.8 Å². The van der Waals surface area contributed by atoms with E-state index in [9.17, 15) is 4.79 Å². The summed E-state index contributed by atoms with van der Waals surface area (Å²) in [6.07, 6.45) is 6.08. The van der Waals surface area contributed by atoms with E-state index in [1.54, 1.807) is 6.07 Å². The lowest BCUT2D eigenvalue weighted by atomic mass is 9.98. The van der Waals surface area contributed by atoms with Crippen LogP contribution >= 0.6 is 11.6 Å². The van der Waals surface area contributed by atoms with Crippen molar-refractivity contribution in [1.29, 1.82) is 0 Å². The number of nitrogens with zero attached hydrogens (tertiary/aromatic N) is 3. The molecule has 0 aromatic carbocycles. The zero-order valence-corrected chi connectivity index (χ0v) is 15.4. The third-order valence-electron chi connectivity index (χ3n) is 3.80. The lowest BCUT2D eigenvalue weighted by molar-refractivity contribution is 0.00822.